The van der Waals surface area contributed by atoms with Gasteiger partial charge in [-0.2, -0.15) is 5.26 Å². The van der Waals surface area contributed by atoms with Crippen LogP contribution in [0.3, 0.4) is 0 Å². The number of hydrogen-bond acceptors (Lipinski definition) is 3. The number of carbonyl (C=O) groups is 1. The number of fused-ring (bicyclic) bond motifs is 1. The molecule has 0 amide bonds. The zero-order valence-corrected chi connectivity index (χ0v) is 13.3. The first kappa shape index (κ1) is 15.9. The maximum atomic E-state index is 13.8. The van der Waals surface area contributed by atoms with Gasteiger partial charge in [0.25, 0.3) is 0 Å². The van der Waals surface area contributed by atoms with Crippen molar-refractivity contribution in [2.45, 2.75) is 19.3 Å². The lowest BCUT2D eigenvalue weighted by Gasteiger charge is -2.20. The van der Waals surface area contributed by atoms with Gasteiger partial charge in [0.1, 0.15) is 11.9 Å². The highest BCUT2D eigenvalue weighted by Gasteiger charge is 2.19. The van der Waals surface area contributed by atoms with Crippen LogP contribution in [0.25, 0.3) is 5.57 Å². The zero-order chi connectivity index (χ0) is 17.1. The van der Waals surface area contributed by atoms with Crippen molar-refractivity contribution in [3.05, 3.63) is 76.2 Å². The topological polar surface area (TPSA) is 50.1 Å². The molecule has 0 fully saturated rings. The molecule has 0 saturated heterocycles. The second-order valence-corrected chi connectivity index (χ2v) is 5.66. The average molecular weight is 321 g/mol. The Bertz CT molecular complexity index is 866. The van der Waals surface area contributed by atoms with E-state index in [1.807, 2.05) is 18.2 Å². The average Bonchev–Trinajstić information content (AvgIpc) is 2.81. The second kappa shape index (κ2) is 6.67. The van der Waals surface area contributed by atoms with Crippen molar-refractivity contribution in [1.29, 1.82) is 5.26 Å². The highest BCUT2D eigenvalue weighted by molar-refractivity contribution is 5.92. The van der Waals surface area contributed by atoms with E-state index in [4.69, 9.17) is 10.00 Å². The van der Waals surface area contributed by atoms with E-state index >= 15 is 0 Å². The number of rotatable bonds is 2. The van der Waals surface area contributed by atoms with E-state index in [1.54, 1.807) is 18.2 Å². The lowest BCUT2D eigenvalue weighted by molar-refractivity contribution is 0.0600. The lowest BCUT2D eigenvalue weighted by atomic mass is 9.84. The van der Waals surface area contributed by atoms with Crippen molar-refractivity contribution in [3.8, 4) is 6.07 Å². The zero-order valence-electron chi connectivity index (χ0n) is 13.3. The number of ether oxygens (including phenoxy) is 1. The van der Waals surface area contributed by atoms with E-state index in [9.17, 15) is 9.18 Å². The van der Waals surface area contributed by atoms with Crippen LogP contribution < -0.4 is 0 Å². The molecule has 1 aromatic carbocycles. The third kappa shape index (κ3) is 2.93. The van der Waals surface area contributed by atoms with Gasteiger partial charge >= 0.3 is 5.97 Å². The van der Waals surface area contributed by atoms with Gasteiger partial charge < -0.3 is 4.74 Å². The largest absolute Gasteiger partial charge is 0.465 e. The van der Waals surface area contributed by atoms with E-state index < -0.39 is 5.83 Å². The standard InChI is InChI=1S/C20H16FNO2/c1-24-20(23)15-7-5-13-3-2-4-17(18(13)11-15)14-6-8-16(12-22)19(21)10-9-14/h4-5,7-11H,2-3,6H2,1H3. The number of aryl methyl sites for hydroxylation is 1. The van der Waals surface area contributed by atoms with Crippen molar-refractivity contribution in [1.82, 2.24) is 0 Å². The Kier molecular flexibility index (Phi) is 4.43. The van der Waals surface area contributed by atoms with E-state index in [0.29, 0.717) is 12.0 Å². The number of benzene rings is 1. The smallest absolute Gasteiger partial charge is 0.337 e. The molecule has 0 heterocycles. The predicted molar refractivity (Wildman–Crippen MR) is 89.7 cm³/mol. The second-order valence-electron chi connectivity index (χ2n) is 5.66. The molecule has 2 aliphatic rings. The van der Waals surface area contributed by atoms with Crippen LogP contribution >= 0.6 is 0 Å². The van der Waals surface area contributed by atoms with Gasteiger partial charge in [0.15, 0.2) is 0 Å². The van der Waals surface area contributed by atoms with Crippen LogP contribution in [0.2, 0.25) is 0 Å². The maximum Gasteiger partial charge on any atom is 0.337 e. The summed E-state index contributed by atoms with van der Waals surface area (Å²) < 4.78 is 18.6. The molecule has 24 heavy (non-hydrogen) atoms. The van der Waals surface area contributed by atoms with Crippen LogP contribution in [-0.2, 0) is 11.2 Å². The van der Waals surface area contributed by atoms with Crippen molar-refractivity contribution in [2.24, 2.45) is 0 Å². The molecule has 3 rings (SSSR count). The molecule has 0 aromatic heterocycles. The maximum absolute atomic E-state index is 13.8. The highest BCUT2D eigenvalue weighted by atomic mass is 19.1. The summed E-state index contributed by atoms with van der Waals surface area (Å²) in [6.45, 7) is 0. The number of methoxy groups -OCH3 is 1. The molecule has 3 nitrogen and oxygen atoms in total. The minimum absolute atomic E-state index is 0.0567. The molecule has 0 atom stereocenters. The van der Waals surface area contributed by atoms with Gasteiger partial charge in [-0.05, 0) is 59.7 Å². The summed E-state index contributed by atoms with van der Waals surface area (Å²) in [7, 11) is 1.36. The van der Waals surface area contributed by atoms with Crippen molar-refractivity contribution in [3.63, 3.8) is 0 Å². The molecule has 120 valence electrons. The van der Waals surface area contributed by atoms with E-state index in [-0.39, 0.29) is 11.5 Å². The molecule has 0 N–H and O–H groups in total. The molecule has 0 bridgehead atoms. The van der Waals surface area contributed by atoms with E-state index in [1.165, 1.54) is 13.2 Å². The summed E-state index contributed by atoms with van der Waals surface area (Å²) in [5.41, 5.74) is 4.59. The minimum Gasteiger partial charge on any atom is -0.465 e. The molecular weight excluding hydrogens is 305 g/mol. The molecule has 2 aliphatic carbocycles. The first-order valence-electron chi connectivity index (χ1n) is 7.73. The fourth-order valence-corrected chi connectivity index (χ4v) is 3.02. The van der Waals surface area contributed by atoms with Crippen molar-refractivity contribution in [2.75, 3.05) is 7.11 Å². The molecule has 0 radical (unpaired) electrons. The molecule has 0 saturated carbocycles. The third-order valence-corrected chi connectivity index (χ3v) is 4.26. The lowest BCUT2D eigenvalue weighted by Crippen LogP contribution is -2.07. The Morgan fingerprint density at radius 1 is 1.29 bits per heavy atom. The van der Waals surface area contributed by atoms with Crippen LogP contribution in [0, 0.1) is 11.3 Å². The summed E-state index contributed by atoms with van der Waals surface area (Å²) in [6, 6.07) is 7.41. The summed E-state index contributed by atoms with van der Waals surface area (Å²) in [4.78, 5) is 11.8. The van der Waals surface area contributed by atoms with Crippen molar-refractivity contribution >= 4 is 11.5 Å². The number of allylic oxidation sites excluding steroid dienone is 8. The predicted octanol–water partition coefficient (Wildman–Crippen LogP) is 4.44. The number of nitriles is 1. The number of carbonyl (C=O) groups excluding carboxylic acids is 1. The van der Waals surface area contributed by atoms with E-state index in [2.05, 4.69) is 6.08 Å². The van der Waals surface area contributed by atoms with Gasteiger partial charge in [0, 0.05) is 0 Å². The van der Waals surface area contributed by atoms with Gasteiger partial charge in [-0.15, -0.1) is 0 Å². The summed E-state index contributed by atoms with van der Waals surface area (Å²) in [5, 5.41) is 8.98. The minimum atomic E-state index is -0.521. The monoisotopic (exact) mass is 321 g/mol. The van der Waals surface area contributed by atoms with Gasteiger partial charge in [-0.1, -0.05) is 24.3 Å². The molecular formula is C20H16FNO2. The molecule has 1 aromatic rings. The first-order valence-corrected chi connectivity index (χ1v) is 7.73. The quantitative estimate of drug-likeness (QED) is 0.757. The molecule has 0 unspecified atom stereocenters. The first-order chi connectivity index (χ1) is 11.6. The number of nitrogens with zero attached hydrogens (tertiary/aromatic N) is 1. The Hall–Kier alpha value is -2.93. The van der Waals surface area contributed by atoms with Crippen LogP contribution in [0.4, 0.5) is 4.39 Å². The van der Waals surface area contributed by atoms with Crippen LogP contribution in [0.1, 0.15) is 34.3 Å². The molecule has 0 spiro atoms. The highest BCUT2D eigenvalue weighted by Crippen LogP contribution is 2.35. The Morgan fingerprint density at radius 3 is 2.88 bits per heavy atom. The van der Waals surface area contributed by atoms with Crippen molar-refractivity contribution < 1.29 is 13.9 Å². The van der Waals surface area contributed by atoms with Crippen LogP contribution in [0.15, 0.2) is 59.5 Å². The fourth-order valence-electron chi connectivity index (χ4n) is 3.02. The third-order valence-electron chi connectivity index (χ3n) is 4.26. The molecule has 0 aliphatic heterocycles. The Labute approximate surface area is 140 Å². The summed E-state index contributed by atoms with van der Waals surface area (Å²) >= 11 is 0. The summed E-state index contributed by atoms with van der Waals surface area (Å²) in [5.74, 6) is -0.900. The SMILES string of the molecule is COC(=O)c1ccc2c(c1)C(C1=CC=C(F)C(C#N)=CC1)=CCC2. The number of halogens is 1. The van der Waals surface area contributed by atoms with Gasteiger partial charge in [-0.3, -0.25) is 0 Å². The van der Waals surface area contributed by atoms with E-state index in [0.717, 1.165) is 35.1 Å². The van der Waals surface area contributed by atoms with Crippen LogP contribution in [-0.4, -0.2) is 13.1 Å². The normalized spacial score (nSPS) is 16.5. The van der Waals surface area contributed by atoms with Gasteiger partial charge in [0.2, 0.25) is 0 Å². The number of esters is 1. The Morgan fingerprint density at radius 2 is 2.12 bits per heavy atom. The summed E-state index contributed by atoms with van der Waals surface area (Å²) in [6.07, 6.45) is 9.00. The van der Waals surface area contributed by atoms with Crippen LogP contribution in [0.5, 0.6) is 0 Å². The number of hydrogen-bond donors (Lipinski definition) is 0. The fraction of sp³-hybridized carbons (Fsp3) is 0.200. The van der Waals surface area contributed by atoms with Gasteiger partial charge in [0.05, 0.1) is 18.2 Å². The van der Waals surface area contributed by atoms with Gasteiger partial charge in [-0.25, -0.2) is 9.18 Å². The molecule has 4 heteroatoms. The Balaban J connectivity index is 2.03.